The van der Waals surface area contributed by atoms with Gasteiger partial charge in [-0.15, -0.1) is 0 Å². The minimum Gasteiger partial charge on any atom is -0.487 e. The molecule has 0 atom stereocenters. The number of aromatic amines is 1. The molecule has 0 aliphatic carbocycles. The first-order chi connectivity index (χ1) is 8.16. The highest BCUT2D eigenvalue weighted by Gasteiger charge is 2.08. The van der Waals surface area contributed by atoms with Gasteiger partial charge in [-0.1, -0.05) is 0 Å². The number of benzene rings is 1. The molecule has 17 heavy (non-hydrogen) atoms. The first-order valence-electron chi connectivity index (χ1n) is 5.03. The predicted molar refractivity (Wildman–Crippen MR) is 60.8 cm³/mol. The summed E-state index contributed by atoms with van der Waals surface area (Å²) in [7, 11) is 0. The summed E-state index contributed by atoms with van der Waals surface area (Å²) in [6, 6.07) is 6.32. The van der Waals surface area contributed by atoms with Crippen molar-refractivity contribution in [2.24, 2.45) is 0 Å². The number of nitrogens with zero attached hydrogens (tertiary/aromatic N) is 2. The Hall–Kier alpha value is -2.37. The van der Waals surface area contributed by atoms with Crippen molar-refractivity contribution in [3.05, 3.63) is 51.8 Å². The second-order valence-corrected chi connectivity index (χ2v) is 3.58. The van der Waals surface area contributed by atoms with Crippen molar-refractivity contribution in [1.29, 1.82) is 0 Å². The molecule has 0 saturated carbocycles. The van der Waals surface area contributed by atoms with Crippen LogP contribution < -0.4 is 4.74 Å². The van der Waals surface area contributed by atoms with Crippen LogP contribution >= 0.6 is 0 Å². The van der Waals surface area contributed by atoms with Gasteiger partial charge in [0.1, 0.15) is 12.4 Å². The fraction of sp³-hybridized carbons (Fsp3) is 0.182. The van der Waals surface area contributed by atoms with Crippen LogP contribution in [-0.4, -0.2) is 15.1 Å². The molecule has 88 valence electrons. The number of aromatic nitrogens is 2. The highest BCUT2D eigenvalue weighted by atomic mass is 16.6. The van der Waals surface area contributed by atoms with Crippen molar-refractivity contribution in [2.45, 2.75) is 13.5 Å². The van der Waals surface area contributed by atoms with E-state index in [0.29, 0.717) is 12.4 Å². The average Bonchev–Trinajstić information content (AvgIpc) is 2.80. The van der Waals surface area contributed by atoms with Crippen molar-refractivity contribution in [3.8, 4) is 5.75 Å². The lowest BCUT2D eigenvalue weighted by atomic mass is 10.2. The first kappa shape index (κ1) is 11.1. The molecule has 2 rings (SSSR count). The Morgan fingerprint density at radius 3 is 2.88 bits per heavy atom. The molecule has 0 bridgehead atoms. The Kier molecular flexibility index (Phi) is 3.04. The number of H-pyrrole nitrogens is 1. The molecule has 0 fully saturated rings. The van der Waals surface area contributed by atoms with E-state index in [9.17, 15) is 10.1 Å². The van der Waals surface area contributed by atoms with Gasteiger partial charge in [0, 0.05) is 18.3 Å². The molecule has 1 heterocycles. The van der Waals surface area contributed by atoms with E-state index in [1.54, 1.807) is 25.3 Å². The van der Waals surface area contributed by atoms with E-state index in [0.717, 1.165) is 11.3 Å². The van der Waals surface area contributed by atoms with Crippen molar-refractivity contribution in [1.82, 2.24) is 10.2 Å². The summed E-state index contributed by atoms with van der Waals surface area (Å²) in [6.45, 7) is 2.13. The molecule has 0 aliphatic rings. The summed E-state index contributed by atoms with van der Waals surface area (Å²) in [5.41, 5.74) is 1.65. The van der Waals surface area contributed by atoms with Crippen molar-refractivity contribution in [2.75, 3.05) is 0 Å². The van der Waals surface area contributed by atoms with Crippen molar-refractivity contribution < 1.29 is 9.66 Å². The average molecular weight is 233 g/mol. The number of nitrogens with one attached hydrogen (secondary N) is 1. The van der Waals surface area contributed by atoms with E-state index in [1.807, 2.05) is 0 Å². The largest absolute Gasteiger partial charge is 0.487 e. The van der Waals surface area contributed by atoms with Gasteiger partial charge in [0.15, 0.2) is 0 Å². The maximum absolute atomic E-state index is 10.6. The standard InChI is InChI=1S/C11H11N3O3/c1-8-6-10(14(15)16)2-3-11(8)17-7-9-4-5-12-13-9/h2-6H,7H2,1H3,(H,12,13). The van der Waals surface area contributed by atoms with Gasteiger partial charge in [-0.3, -0.25) is 15.2 Å². The normalized spacial score (nSPS) is 10.2. The van der Waals surface area contributed by atoms with Gasteiger partial charge in [-0.05, 0) is 24.6 Å². The smallest absolute Gasteiger partial charge is 0.269 e. The molecule has 0 aliphatic heterocycles. The van der Waals surface area contributed by atoms with Crippen molar-refractivity contribution >= 4 is 5.69 Å². The quantitative estimate of drug-likeness (QED) is 0.648. The maximum Gasteiger partial charge on any atom is 0.269 e. The number of hydrogen-bond acceptors (Lipinski definition) is 4. The minimum absolute atomic E-state index is 0.0661. The summed E-state index contributed by atoms with van der Waals surface area (Å²) < 4.78 is 5.52. The molecule has 6 heteroatoms. The third-order valence-electron chi connectivity index (χ3n) is 2.31. The van der Waals surface area contributed by atoms with Gasteiger partial charge in [0.25, 0.3) is 5.69 Å². The Morgan fingerprint density at radius 1 is 1.47 bits per heavy atom. The molecule has 1 aromatic heterocycles. The van der Waals surface area contributed by atoms with Gasteiger partial charge in [0.05, 0.1) is 10.6 Å². The summed E-state index contributed by atoms with van der Waals surface area (Å²) in [6.07, 6.45) is 1.64. The van der Waals surface area contributed by atoms with Gasteiger partial charge in [-0.2, -0.15) is 5.10 Å². The minimum atomic E-state index is -0.425. The zero-order valence-electron chi connectivity index (χ0n) is 9.21. The van der Waals surface area contributed by atoms with E-state index in [4.69, 9.17) is 4.74 Å². The van der Waals surface area contributed by atoms with E-state index in [2.05, 4.69) is 10.2 Å². The van der Waals surface area contributed by atoms with Crippen LogP contribution in [0.1, 0.15) is 11.3 Å². The van der Waals surface area contributed by atoms with Crippen molar-refractivity contribution in [3.63, 3.8) is 0 Å². The molecular weight excluding hydrogens is 222 g/mol. The Bertz CT molecular complexity index is 523. The Labute approximate surface area is 97.4 Å². The zero-order valence-corrected chi connectivity index (χ0v) is 9.21. The van der Waals surface area contributed by atoms with Gasteiger partial charge >= 0.3 is 0 Å². The third-order valence-corrected chi connectivity index (χ3v) is 2.31. The monoisotopic (exact) mass is 233 g/mol. The van der Waals surface area contributed by atoms with Crippen LogP contribution in [-0.2, 0) is 6.61 Å². The maximum atomic E-state index is 10.6. The lowest BCUT2D eigenvalue weighted by molar-refractivity contribution is -0.384. The lowest BCUT2D eigenvalue weighted by Gasteiger charge is -2.07. The number of aryl methyl sites for hydroxylation is 1. The fourth-order valence-corrected chi connectivity index (χ4v) is 1.43. The van der Waals surface area contributed by atoms with E-state index >= 15 is 0 Å². The second kappa shape index (κ2) is 4.65. The summed E-state index contributed by atoms with van der Waals surface area (Å²) in [4.78, 5) is 10.1. The summed E-state index contributed by atoms with van der Waals surface area (Å²) >= 11 is 0. The molecule has 2 aromatic rings. The highest BCUT2D eigenvalue weighted by molar-refractivity contribution is 5.42. The first-order valence-corrected chi connectivity index (χ1v) is 5.03. The van der Waals surface area contributed by atoms with Crippen LogP contribution in [0.3, 0.4) is 0 Å². The number of nitro benzene ring substituents is 1. The zero-order chi connectivity index (χ0) is 12.3. The Balaban J connectivity index is 2.09. The second-order valence-electron chi connectivity index (χ2n) is 3.58. The molecule has 0 saturated heterocycles. The molecule has 0 unspecified atom stereocenters. The number of non-ortho nitro benzene ring substituents is 1. The van der Waals surface area contributed by atoms with Crippen LogP contribution in [0.2, 0.25) is 0 Å². The number of ether oxygens (including phenoxy) is 1. The summed E-state index contributed by atoms with van der Waals surface area (Å²) in [5.74, 6) is 0.630. The van der Waals surface area contributed by atoms with Crippen LogP contribution in [0, 0.1) is 17.0 Å². The summed E-state index contributed by atoms with van der Waals surface area (Å²) in [5, 5.41) is 17.1. The lowest BCUT2D eigenvalue weighted by Crippen LogP contribution is -1.98. The molecule has 0 amide bonds. The SMILES string of the molecule is Cc1cc([N+](=O)[O-])ccc1OCc1ccn[nH]1. The number of rotatable bonds is 4. The number of hydrogen-bond donors (Lipinski definition) is 1. The fourth-order valence-electron chi connectivity index (χ4n) is 1.43. The van der Waals surface area contributed by atoms with Crippen LogP contribution in [0.5, 0.6) is 5.75 Å². The molecule has 0 spiro atoms. The van der Waals surface area contributed by atoms with Gasteiger partial charge < -0.3 is 4.74 Å². The number of nitro groups is 1. The molecule has 1 N–H and O–H groups in total. The predicted octanol–water partition coefficient (Wildman–Crippen LogP) is 2.21. The third kappa shape index (κ3) is 2.60. The topological polar surface area (TPSA) is 81.1 Å². The molecular formula is C11H11N3O3. The molecule has 6 nitrogen and oxygen atoms in total. The Morgan fingerprint density at radius 2 is 2.29 bits per heavy atom. The van der Waals surface area contributed by atoms with E-state index < -0.39 is 4.92 Å². The van der Waals surface area contributed by atoms with Crippen LogP contribution in [0.25, 0.3) is 0 Å². The van der Waals surface area contributed by atoms with Gasteiger partial charge in [-0.25, -0.2) is 0 Å². The molecule has 1 aromatic carbocycles. The van der Waals surface area contributed by atoms with Crippen LogP contribution in [0.4, 0.5) is 5.69 Å². The van der Waals surface area contributed by atoms with E-state index in [1.165, 1.54) is 12.1 Å². The highest BCUT2D eigenvalue weighted by Crippen LogP contribution is 2.23. The van der Waals surface area contributed by atoms with E-state index in [-0.39, 0.29) is 5.69 Å². The molecule has 0 radical (unpaired) electrons. The van der Waals surface area contributed by atoms with Gasteiger partial charge in [0.2, 0.25) is 0 Å². The van der Waals surface area contributed by atoms with Crippen LogP contribution in [0.15, 0.2) is 30.5 Å².